The van der Waals surface area contributed by atoms with E-state index >= 15 is 0 Å². The number of aryl methyl sites for hydroxylation is 1. The number of benzene rings is 2. The summed E-state index contributed by atoms with van der Waals surface area (Å²) in [5, 5.41) is 9.02. The van der Waals surface area contributed by atoms with Gasteiger partial charge in [-0.1, -0.05) is 23.7 Å². The molecular weight excluding hydrogens is 522 g/mol. The summed E-state index contributed by atoms with van der Waals surface area (Å²) >= 11 is 6.40. The quantitative estimate of drug-likeness (QED) is 0.277. The first-order valence-corrected chi connectivity index (χ1v) is 14.6. The Morgan fingerprint density at radius 3 is 2.53 bits per heavy atom. The molecule has 4 rings (SSSR count). The molecule has 0 saturated carbocycles. The van der Waals surface area contributed by atoms with Gasteiger partial charge in [-0.15, -0.1) is 0 Å². The number of anilines is 4. The number of ether oxygens (including phenoxy) is 1. The Morgan fingerprint density at radius 2 is 1.84 bits per heavy atom. The second kappa shape index (κ2) is 11.9. The topological polar surface area (TPSA) is 105 Å². The number of hydrogen-bond donors (Lipinski definition) is 3. The third-order valence-electron chi connectivity index (χ3n) is 6.35. The van der Waals surface area contributed by atoms with E-state index in [0.29, 0.717) is 17.1 Å². The van der Waals surface area contributed by atoms with E-state index in [2.05, 4.69) is 25.9 Å². The Morgan fingerprint density at radius 1 is 1.11 bits per heavy atom. The van der Waals surface area contributed by atoms with Gasteiger partial charge in [-0.2, -0.15) is 4.98 Å². The Balaban J connectivity index is 1.74. The third-order valence-corrected chi connectivity index (χ3v) is 8.84. The average Bonchev–Trinajstić information content (AvgIpc) is 2.91. The second-order valence-electron chi connectivity index (χ2n) is 9.86. The molecule has 2 aromatic carbocycles. The van der Waals surface area contributed by atoms with E-state index in [1.54, 1.807) is 38.1 Å². The highest BCUT2D eigenvalue weighted by Gasteiger charge is 2.24. The van der Waals surface area contributed by atoms with Crippen LogP contribution in [-0.4, -0.2) is 42.8 Å². The van der Waals surface area contributed by atoms with Crippen molar-refractivity contribution < 1.29 is 17.3 Å². The van der Waals surface area contributed by atoms with Gasteiger partial charge in [-0.25, -0.2) is 13.4 Å². The molecule has 0 radical (unpaired) electrons. The highest BCUT2D eigenvalue weighted by atomic mass is 35.5. The molecule has 3 aromatic rings. The third kappa shape index (κ3) is 6.39. The molecular formula is C28H36ClN5O3S. The SMILES string of the molecule is [2H]C([2H])([2H])c1cc(Nc2ncc(Cl)c(Nc3ccccc3S(=O)(=O)C(C)C)n2)c(OC(C)C)cc1C1CCNCC1. The lowest BCUT2D eigenvalue weighted by atomic mass is 9.87. The molecule has 1 aromatic heterocycles. The van der Waals surface area contributed by atoms with Crippen LogP contribution in [-0.2, 0) is 9.84 Å². The molecule has 2 heterocycles. The highest BCUT2D eigenvalue weighted by Crippen LogP contribution is 2.37. The zero-order chi connectivity index (χ0) is 29.9. The standard InChI is InChI=1S/C28H36ClN5O3S/c1-17(2)37-25-15-21(20-10-12-30-13-11-20)19(5)14-24(25)33-28-31-16-22(29)27(34-28)32-23-8-6-7-9-26(23)38(35,36)18(3)4/h6-9,14-18,20,30H,10-13H2,1-5H3,(H2,31,32,33,34)/i5D3. The van der Waals surface area contributed by atoms with Crippen LogP contribution in [0.1, 0.15) is 61.7 Å². The molecule has 0 atom stereocenters. The molecule has 1 aliphatic rings. The van der Waals surface area contributed by atoms with E-state index in [1.807, 2.05) is 19.9 Å². The molecule has 0 unspecified atom stereocenters. The molecule has 0 spiro atoms. The van der Waals surface area contributed by atoms with Crippen LogP contribution in [0.4, 0.5) is 23.1 Å². The van der Waals surface area contributed by atoms with E-state index < -0.39 is 21.9 Å². The summed E-state index contributed by atoms with van der Waals surface area (Å²) in [6.45, 7) is 6.33. The number of aromatic nitrogens is 2. The number of nitrogens with one attached hydrogen (secondary N) is 3. The first kappa shape index (κ1) is 24.2. The van der Waals surface area contributed by atoms with Gasteiger partial charge in [0.25, 0.3) is 0 Å². The lowest BCUT2D eigenvalue weighted by molar-refractivity contribution is 0.243. The van der Waals surface area contributed by atoms with E-state index in [9.17, 15) is 8.42 Å². The first-order valence-electron chi connectivity index (χ1n) is 14.2. The number of sulfone groups is 1. The van der Waals surface area contributed by atoms with Crippen LogP contribution in [0, 0.1) is 6.85 Å². The molecule has 10 heteroatoms. The molecule has 1 fully saturated rings. The van der Waals surface area contributed by atoms with Gasteiger partial charge in [0, 0.05) is 4.11 Å². The van der Waals surface area contributed by atoms with Crippen molar-refractivity contribution in [3.05, 3.63) is 58.7 Å². The van der Waals surface area contributed by atoms with Crippen molar-refractivity contribution in [3.8, 4) is 5.75 Å². The van der Waals surface area contributed by atoms with Crippen molar-refractivity contribution >= 4 is 44.6 Å². The predicted molar refractivity (Wildman–Crippen MR) is 154 cm³/mol. The summed E-state index contributed by atoms with van der Waals surface area (Å²) in [6, 6.07) is 9.95. The Hall–Kier alpha value is -2.88. The van der Waals surface area contributed by atoms with Gasteiger partial charge in [0.15, 0.2) is 15.7 Å². The van der Waals surface area contributed by atoms with Crippen LogP contribution in [0.15, 0.2) is 47.5 Å². The van der Waals surface area contributed by atoms with Crippen molar-refractivity contribution in [2.45, 2.75) is 69.6 Å². The van der Waals surface area contributed by atoms with Crippen LogP contribution in [0.25, 0.3) is 0 Å². The maximum atomic E-state index is 12.9. The fraction of sp³-hybridized carbons (Fsp3) is 0.429. The molecule has 1 aliphatic heterocycles. The Kier molecular flexibility index (Phi) is 7.56. The maximum absolute atomic E-state index is 12.9. The monoisotopic (exact) mass is 560 g/mol. The van der Waals surface area contributed by atoms with Crippen molar-refractivity contribution in [1.29, 1.82) is 0 Å². The molecule has 8 nitrogen and oxygen atoms in total. The summed E-state index contributed by atoms with van der Waals surface area (Å²) in [6.07, 6.45) is 2.88. The summed E-state index contributed by atoms with van der Waals surface area (Å²) in [7, 11) is -3.59. The maximum Gasteiger partial charge on any atom is 0.229 e. The van der Waals surface area contributed by atoms with Crippen molar-refractivity contribution in [1.82, 2.24) is 15.3 Å². The number of rotatable bonds is 9. The molecule has 38 heavy (non-hydrogen) atoms. The van der Waals surface area contributed by atoms with E-state index in [4.69, 9.17) is 20.5 Å². The van der Waals surface area contributed by atoms with Crippen LogP contribution in [0.5, 0.6) is 5.75 Å². The molecule has 0 bridgehead atoms. The van der Waals surface area contributed by atoms with Gasteiger partial charge in [0.05, 0.1) is 33.8 Å². The molecule has 204 valence electrons. The zero-order valence-corrected chi connectivity index (χ0v) is 23.6. The van der Waals surface area contributed by atoms with E-state index in [1.165, 1.54) is 12.3 Å². The Bertz CT molecular complexity index is 1490. The average molecular weight is 561 g/mol. The van der Waals surface area contributed by atoms with Gasteiger partial charge >= 0.3 is 0 Å². The zero-order valence-electron chi connectivity index (χ0n) is 25.0. The van der Waals surface area contributed by atoms with Crippen LogP contribution >= 0.6 is 11.6 Å². The number of para-hydroxylation sites is 1. The summed E-state index contributed by atoms with van der Waals surface area (Å²) in [5.74, 6) is 0.896. The number of hydrogen-bond acceptors (Lipinski definition) is 8. The van der Waals surface area contributed by atoms with Crippen LogP contribution in [0.3, 0.4) is 0 Å². The predicted octanol–water partition coefficient (Wildman–Crippen LogP) is 6.36. The lowest BCUT2D eigenvalue weighted by Gasteiger charge is -2.26. The lowest BCUT2D eigenvalue weighted by Crippen LogP contribution is -2.27. The molecule has 3 N–H and O–H groups in total. The minimum Gasteiger partial charge on any atom is -0.489 e. The summed E-state index contributed by atoms with van der Waals surface area (Å²) in [4.78, 5) is 8.90. The molecule has 0 amide bonds. The summed E-state index contributed by atoms with van der Waals surface area (Å²) in [5.41, 5.74) is 1.74. The fourth-order valence-electron chi connectivity index (χ4n) is 4.35. The van der Waals surface area contributed by atoms with Gasteiger partial charge in [0.2, 0.25) is 5.95 Å². The minimum atomic E-state index is -3.59. The van der Waals surface area contributed by atoms with Gasteiger partial charge < -0.3 is 20.7 Å². The van der Waals surface area contributed by atoms with Crippen LogP contribution in [0.2, 0.25) is 5.02 Å². The summed E-state index contributed by atoms with van der Waals surface area (Å²) < 4.78 is 56.7. The van der Waals surface area contributed by atoms with Crippen molar-refractivity contribution in [2.24, 2.45) is 0 Å². The molecule has 0 aliphatic carbocycles. The van der Waals surface area contributed by atoms with E-state index in [0.717, 1.165) is 31.5 Å². The second-order valence-corrected chi connectivity index (χ2v) is 12.7. The van der Waals surface area contributed by atoms with Crippen LogP contribution < -0.4 is 20.7 Å². The number of piperidine rings is 1. The normalized spacial score (nSPS) is 16.1. The fourth-order valence-corrected chi connectivity index (χ4v) is 5.69. The molecule has 1 saturated heterocycles. The smallest absolute Gasteiger partial charge is 0.229 e. The van der Waals surface area contributed by atoms with Gasteiger partial charge in [0.1, 0.15) is 10.8 Å². The number of halogens is 1. The van der Waals surface area contributed by atoms with Crippen molar-refractivity contribution in [3.63, 3.8) is 0 Å². The van der Waals surface area contributed by atoms with Gasteiger partial charge in [-0.05, 0) is 102 Å². The minimum absolute atomic E-state index is 0.0972. The largest absolute Gasteiger partial charge is 0.489 e. The van der Waals surface area contributed by atoms with Gasteiger partial charge in [-0.3, -0.25) is 0 Å². The Labute approximate surface area is 234 Å². The van der Waals surface area contributed by atoms with E-state index in [-0.39, 0.29) is 39.3 Å². The highest BCUT2D eigenvalue weighted by molar-refractivity contribution is 7.92. The first-order chi connectivity index (χ1) is 19.3. The van der Waals surface area contributed by atoms with Crippen molar-refractivity contribution in [2.75, 3.05) is 23.7 Å². The number of nitrogens with zero attached hydrogens (tertiary/aromatic N) is 2.